The lowest BCUT2D eigenvalue weighted by molar-refractivity contribution is -0.139. The number of hydrogen-bond acceptors (Lipinski definition) is 3. The summed E-state index contributed by atoms with van der Waals surface area (Å²) >= 11 is 0. The summed E-state index contributed by atoms with van der Waals surface area (Å²) in [7, 11) is -3.11. The largest absolute Gasteiger partial charge is 0.342 e. The summed E-state index contributed by atoms with van der Waals surface area (Å²) in [6.07, 6.45) is 4.79. The van der Waals surface area contributed by atoms with Gasteiger partial charge in [0.05, 0.1) is 6.26 Å². The molecule has 2 rings (SSSR count). The molecule has 0 aromatic heterocycles. The van der Waals surface area contributed by atoms with E-state index in [1.807, 2.05) is 4.90 Å². The molecule has 2 aliphatic heterocycles. The quantitative estimate of drug-likeness (QED) is 0.773. The number of rotatable bonds is 2. The van der Waals surface area contributed by atoms with Gasteiger partial charge in [0.1, 0.15) is 0 Å². The zero-order valence-electron chi connectivity index (χ0n) is 12.8. The van der Waals surface area contributed by atoms with Crippen LogP contribution in [-0.4, -0.2) is 56.0 Å². The van der Waals surface area contributed by atoms with Crippen molar-refractivity contribution in [1.29, 1.82) is 0 Å². The zero-order valence-corrected chi connectivity index (χ0v) is 13.6. The Morgan fingerprint density at radius 3 is 2.25 bits per heavy atom. The Hall–Kier alpha value is -0.620. The maximum Gasteiger partial charge on any atom is 0.225 e. The van der Waals surface area contributed by atoms with Gasteiger partial charge in [0, 0.05) is 32.1 Å². The number of likely N-dealkylation sites (tertiary alicyclic amines) is 1. The van der Waals surface area contributed by atoms with Crippen LogP contribution >= 0.6 is 0 Å². The maximum absolute atomic E-state index is 12.6. The molecule has 116 valence electrons. The molecule has 6 heteroatoms. The lowest BCUT2D eigenvalue weighted by Crippen LogP contribution is -2.48. The van der Waals surface area contributed by atoms with Crippen LogP contribution in [0.2, 0.25) is 0 Å². The third-order valence-electron chi connectivity index (χ3n) is 4.48. The Bertz CT molecular complexity index is 465. The summed E-state index contributed by atoms with van der Waals surface area (Å²) in [4.78, 5) is 14.5. The van der Waals surface area contributed by atoms with Gasteiger partial charge in [-0.25, -0.2) is 12.7 Å². The standard InChI is InChI=1S/C14H26N2O3S/c1-14(2)7-4-8-15(11-14)13(17)12-5-9-16(10-6-12)20(3,18)19/h12H,4-11H2,1-3H3. The number of hydrogen-bond donors (Lipinski definition) is 0. The van der Waals surface area contributed by atoms with Crippen molar-refractivity contribution >= 4 is 15.9 Å². The first-order chi connectivity index (χ1) is 9.19. The molecule has 0 aromatic carbocycles. The number of carbonyl (C=O) groups excluding carboxylic acids is 1. The normalized spacial score (nSPS) is 25.6. The van der Waals surface area contributed by atoms with Crippen molar-refractivity contribution in [2.45, 2.75) is 39.5 Å². The minimum absolute atomic E-state index is 0.00176. The topological polar surface area (TPSA) is 57.7 Å². The SMILES string of the molecule is CC1(C)CCCN(C(=O)C2CCN(S(C)(=O)=O)CC2)C1. The fourth-order valence-electron chi connectivity index (χ4n) is 3.30. The second-order valence-corrected chi connectivity index (χ2v) is 8.95. The van der Waals surface area contributed by atoms with Gasteiger partial charge in [0.15, 0.2) is 0 Å². The lowest BCUT2D eigenvalue weighted by Gasteiger charge is -2.40. The van der Waals surface area contributed by atoms with Crippen LogP contribution in [0.3, 0.4) is 0 Å². The summed E-state index contributed by atoms with van der Waals surface area (Å²) < 4.78 is 24.4. The van der Waals surface area contributed by atoms with Crippen molar-refractivity contribution in [2.75, 3.05) is 32.4 Å². The number of carbonyl (C=O) groups is 1. The van der Waals surface area contributed by atoms with E-state index in [0.29, 0.717) is 25.9 Å². The first kappa shape index (κ1) is 15.8. The summed E-state index contributed by atoms with van der Waals surface area (Å²) in [5.74, 6) is 0.229. The Balaban J connectivity index is 1.92. The second kappa shape index (κ2) is 5.64. The van der Waals surface area contributed by atoms with Crippen molar-refractivity contribution in [3.63, 3.8) is 0 Å². The highest BCUT2D eigenvalue weighted by atomic mass is 32.2. The highest BCUT2D eigenvalue weighted by Crippen LogP contribution is 2.30. The van der Waals surface area contributed by atoms with Gasteiger partial charge in [-0.3, -0.25) is 4.79 Å². The van der Waals surface area contributed by atoms with E-state index in [1.165, 1.54) is 17.0 Å². The van der Waals surface area contributed by atoms with E-state index in [-0.39, 0.29) is 17.2 Å². The van der Waals surface area contributed by atoms with E-state index in [0.717, 1.165) is 19.5 Å². The highest BCUT2D eigenvalue weighted by molar-refractivity contribution is 7.88. The fourth-order valence-corrected chi connectivity index (χ4v) is 4.18. The zero-order chi connectivity index (χ0) is 15.0. The van der Waals surface area contributed by atoms with Gasteiger partial charge in [-0.1, -0.05) is 13.8 Å². The van der Waals surface area contributed by atoms with Crippen molar-refractivity contribution < 1.29 is 13.2 Å². The maximum atomic E-state index is 12.6. The highest BCUT2D eigenvalue weighted by Gasteiger charge is 2.35. The van der Waals surface area contributed by atoms with Crippen LogP contribution in [0.15, 0.2) is 0 Å². The predicted octanol–water partition coefficient (Wildman–Crippen LogP) is 1.31. The average Bonchev–Trinajstić information content (AvgIpc) is 2.36. The monoisotopic (exact) mass is 302 g/mol. The van der Waals surface area contributed by atoms with Crippen LogP contribution in [0.4, 0.5) is 0 Å². The van der Waals surface area contributed by atoms with E-state index in [9.17, 15) is 13.2 Å². The third-order valence-corrected chi connectivity index (χ3v) is 5.79. The number of amides is 1. The number of piperidine rings is 2. The molecule has 0 aliphatic carbocycles. The molecule has 2 fully saturated rings. The van der Waals surface area contributed by atoms with Crippen molar-refractivity contribution in [3.8, 4) is 0 Å². The molecule has 1 amide bonds. The Labute approximate surface area is 122 Å². The molecule has 2 aliphatic rings. The predicted molar refractivity (Wildman–Crippen MR) is 78.7 cm³/mol. The third kappa shape index (κ3) is 3.73. The van der Waals surface area contributed by atoms with Gasteiger partial charge in [-0.2, -0.15) is 0 Å². The molecule has 2 saturated heterocycles. The number of nitrogens with zero attached hydrogens (tertiary/aromatic N) is 2. The van der Waals surface area contributed by atoms with Crippen LogP contribution in [0.5, 0.6) is 0 Å². The Kier molecular flexibility index (Phi) is 4.44. The van der Waals surface area contributed by atoms with E-state index in [2.05, 4.69) is 13.8 Å². The molecule has 0 bridgehead atoms. The molecule has 0 radical (unpaired) electrons. The molecule has 0 spiro atoms. The first-order valence-electron chi connectivity index (χ1n) is 7.43. The smallest absolute Gasteiger partial charge is 0.225 e. The number of sulfonamides is 1. The molecule has 5 nitrogen and oxygen atoms in total. The molecule has 2 heterocycles. The summed E-state index contributed by atoms with van der Waals surface area (Å²) in [5, 5.41) is 0. The van der Waals surface area contributed by atoms with Crippen LogP contribution in [-0.2, 0) is 14.8 Å². The summed E-state index contributed by atoms with van der Waals surface area (Å²) in [6.45, 7) is 7.06. The van der Waals surface area contributed by atoms with E-state index >= 15 is 0 Å². The van der Waals surface area contributed by atoms with Gasteiger partial charge in [-0.05, 0) is 31.1 Å². The van der Waals surface area contributed by atoms with Crippen molar-refractivity contribution in [3.05, 3.63) is 0 Å². The van der Waals surface area contributed by atoms with E-state index < -0.39 is 10.0 Å². The van der Waals surface area contributed by atoms with Gasteiger partial charge in [-0.15, -0.1) is 0 Å². The van der Waals surface area contributed by atoms with Crippen LogP contribution in [0.1, 0.15) is 39.5 Å². The van der Waals surface area contributed by atoms with Crippen LogP contribution in [0.25, 0.3) is 0 Å². The fraction of sp³-hybridized carbons (Fsp3) is 0.929. The minimum atomic E-state index is -3.11. The van der Waals surface area contributed by atoms with E-state index in [1.54, 1.807) is 0 Å². The van der Waals surface area contributed by atoms with Gasteiger partial charge < -0.3 is 4.90 Å². The lowest BCUT2D eigenvalue weighted by atomic mass is 9.83. The van der Waals surface area contributed by atoms with E-state index in [4.69, 9.17) is 0 Å². The molecule has 0 saturated carbocycles. The van der Waals surface area contributed by atoms with Crippen LogP contribution < -0.4 is 0 Å². The van der Waals surface area contributed by atoms with Crippen LogP contribution in [0, 0.1) is 11.3 Å². The molecule has 0 aromatic rings. The van der Waals surface area contributed by atoms with Gasteiger partial charge in [0.2, 0.25) is 15.9 Å². The molecular weight excluding hydrogens is 276 g/mol. The molecule has 0 unspecified atom stereocenters. The van der Waals surface area contributed by atoms with Crippen molar-refractivity contribution in [1.82, 2.24) is 9.21 Å². The molecule has 0 N–H and O–H groups in total. The Morgan fingerprint density at radius 1 is 1.15 bits per heavy atom. The minimum Gasteiger partial charge on any atom is -0.342 e. The first-order valence-corrected chi connectivity index (χ1v) is 9.28. The second-order valence-electron chi connectivity index (χ2n) is 6.96. The Morgan fingerprint density at radius 2 is 1.75 bits per heavy atom. The average molecular weight is 302 g/mol. The molecule has 0 atom stereocenters. The van der Waals surface area contributed by atoms with Gasteiger partial charge >= 0.3 is 0 Å². The van der Waals surface area contributed by atoms with Crippen molar-refractivity contribution in [2.24, 2.45) is 11.3 Å². The molecule has 20 heavy (non-hydrogen) atoms. The molecular formula is C14H26N2O3S. The van der Waals surface area contributed by atoms with Gasteiger partial charge in [0.25, 0.3) is 0 Å². The summed E-state index contributed by atoms with van der Waals surface area (Å²) in [6, 6.07) is 0. The summed E-state index contributed by atoms with van der Waals surface area (Å²) in [5.41, 5.74) is 0.210.